The van der Waals surface area contributed by atoms with E-state index < -0.39 is 17.7 Å². The molecule has 2 heterocycles. The van der Waals surface area contributed by atoms with Crippen LogP contribution in [0.2, 0.25) is 0 Å². The molecule has 6 nitrogen and oxygen atoms in total. The summed E-state index contributed by atoms with van der Waals surface area (Å²) >= 11 is 0. The lowest BCUT2D eigenvalue weighted by atomic mass is 9.87. The predicted molar refractivity (Wildman–Crippen MR) is 77.8 cm³/mol. The molecule has 2 aliphatic heterocycles. The van der Waals surface area contributed by atoms with E-state index in [4.69, 9.17) is 4.74 Å². The van der Waals surface area contributed by atoms with Gasteiger partial charge in [0.25, 0.3) is 0 Å². The number of nitrogens with zero attached hydrogens (tertiary/aromatic N) is 1. The Labute approximate surface area is 125 Å². The van der Waals surface area contributed by atoms with E-state index in [1.807, 2.05) is 0 Å². The Morgan fingerprint density at radius 2 is 2.05 bits per heavy atom. The summed E-state index contributed by atoms with van der Waals surface area (Å²) in [6.45, 7) is 5.36. The first kappa shape index (κ1) is 16.1. The molecule has 0 spiro atoms. The minimum absolute atomic E-state index is 0.0125. The van der Waals surface area contributed by atoms with Crippen LogP contribution in [-0.4, -0.2) is 52.3 Å². The van der Waals surface area contributed by atoms with Crippen molar-refractivity contribution < 1.29 is 19.4 Å². The fourth-order valence-electron chi connectivity index (χ4n) is 3.23. The molecule has 2 saturated heterocycles. The Morgan fingerprint density at radius 1 is 1.33 bits per heavy atom. The normalized spacial score (nSPS) is 29.8. The molecule has 3 atom stereocenters. The summed E-state index contributed by atoms with van der Waals surface area (Å²) in [4.78, 5) is 26.2. The average Bonchev–Trinajstić information content (AvgIpc) is 2.39. The Kier molecular flexibility index (Phi) is 4.76. The van der Waals surface area contributed by atoms with Crippen molar-refractivity contribution in [1.82, 2.24) is 10.2 Å². The van der Waals surface area contributed by atoms with Crippen LogP contribution in [0.5, 0.6) is 0 Å². The number of fused-ring (bicyclic) bond motifs is 1. The largest absolute Gasteiger partial charge is 0.444 e. The van der Waals surface area contributed by atoms with Crippen molar-refractivity contribution in [3.8, 4) is 0 Å². The summed E-state index contributed by atoms with van der Waals surface area (Å²) in [5, 5.41) is 12.1. The zero-order valence-electron chi connectivity index (χ0n) is 13.1. The number of carbonyl (C=O) groups excluding carboxylic acids is 2. The molecule has 2 N–H and O–H groups in total. The smallest absolute Gasteiger partial charge is 0.408 e. The van der Waals surface area contributed by atoms with E-state index >= 15 is 0 Å². The van der Waals surface area contributed by atoms with Gasteiger partial charge in [0.1, 0.15) is 11.6 Å². The lowest BCUT2D eigenvalue weighted by molar-refractivity contribution is -0.146. The molecule has 0 aromatic rings. The Bertz CT molecular complexity index is 399. The van der Waals surface area contributed by atoms with Gasteiger partial charge in [0.2, 0.25) is 5.91 Å². The second-order valence-electron chi connectivity index (χ2n) is 6.94. The van der Waals surface area contributed by atoms with Crippen LogP contribution < -0.4 is 5.32 Å². The monoisotopic (exact) mass is 298 g/mol. The summed E-state index contributed by atoms with van der Waals surface area (Å²) < 4.78 is 5.21. The van der Waals surface area contributed by atoms with Gasteiger partial charge in [-0.15, -0.1) is 0 Å². The molecule has 120 valence electrons. The van der Waals surface area contributed by atoms with Crippen molar-refractivity contribution in [2.45, 2.75) is 76.6 Å². The highest BCUT2D eigenvalue weighted by Crippen LogP contribution is 2.31. The van der Waals surface area contributed by atoms with Gasteiger partial charge in [0.15, 0.2) is 0 Å². The number of hydrogen-bond donors (Lipinski definition) is 2. The highest BCUT2D eigenvalue weighted by atomic mass is 16.6. The first-order chi connectivity index (χ1) is 9.81. The zero-order chi connectivity index (χ0) is 15.6. The van der Waals surface area contributed by atoms with Crippen LogP contribution in [0.3, 0.4) is 0 Å². The third kappa shape index (κ3) is 3.87. The molecule has 0 unspecified atom stereocenters. The summed E-state index contributed by atoms with van der Waals surface area (Å²) in [5.41, 5.74) is -0.580. The lowest BCUT2D eigenvalue weighted by Crippen LogP contribution is -2.61. The van der Waals surface area contributed by atoms with Crippen LogP contribution in [0.1, 0.15) is 52.9 Å². The maximum Gasteiger partial charge on any atom is 0.408 e. The van der Waals surface area contributed by atoms with E-state index in [-0.39, 0.29) is 24.6 Å². The van der Waals surface area contributed by atoms with E-state index in [0.717, 1.165) is 25.7 Å². The SMILES string of the molecule is CC(C)(C)OC(=O)N[C@H]1CC[C@H]2CCC[C@@H](CO)N2C1=O. The van der Waals surface area contributed by atoms with Crippen LogP contribution in [0, 0.1) is 0 Å². The molecule has 0 aromatic heterocycles. The molecule has 6 heteroatoms. The summed E-state index contributed by atoms with van der Waals surface area (Å²) in [7, 11) is 0. The summed E-state index contributed by atoms with van der Waals surface area (Å²) in [6, 6.07) is -0.442. The van der Waals surface area contributed by atoms with Crippen LogP contribution in [0.4, 0.5) is 4.79 Å². The fraction of sp³-hybridized carbons (Fsp3) is 0.867. The molecule has 0 aromatic carbocycles. The van der Waals surface area contributed by atoms with Gasteiger partial charge in [-0.05, 0) is 52.9 Å². The predicted octanol–water partition coefficient (Wildman–Crippen LogP) is 1.42. The number of piperidine rings is 2. The van der Waals surface area contributed by atoms with Gasteiger partial charge in [-0.25, -0.2) is 4.79 Å². The van der Waals surface area contributed by atoms with Crippen molar-refractivity contribution in [3.05, 3.63) is 0 Å². The number of aliphatic hydroxyl groups excluding tert-OH is 1. The summed E-state index contributed by atoms with van der Waals surface area (Å²) in [6.07, 6.45) is 3.81. The number of carbonyl (C=O) groups is 2. The minimum Gasteiger partial charge on any atom is -0.444 e. The van der Waals surface area contributed by atoms with Gasteiger partial charge in [-0.2, -0.15) is 0 Å². The standard InChI is InChI=1S/C15H26N2O4/c1-15(2,3)21-14(20)16-12-8-7-10-5-4-6-11(9-18)17(10)13(12)19/h10-12,18H,4-9H2,1-3H3,(H,16,20)/t10-,11+,12+/m1/s1. The third-order valence-electron chi connectivity index (χ3n) is 4.10. The number of ether oxygens (including phenoxy) is 1. The number of rotatable bonds is 2. The lowest BCUT2D eigenvalue weighted by Gasteiger charge is -2.46. The van der Waals surface area contributed by atoms with E-state index in [1.54, 1.807) is 25.7 Å². The van der Waals surface area contributed by atoms with Crippen molar-refractivity contribution in [3.63, 3.8) is 0 Å². The highest BCUT2D eigenvalue weighted by Gasteiger charge is 2.41. The van der Waals surface area contributed by atoms with Crippen molar-refractivity contribution in [2.24, 2.45) is 0 Å². The topological polar surface area (TPSA) is 78.9 Å². The number of alkyl carbamates (subject to hydrolysis) is 1. The molecule has 0 saturated carbocycles. The van der Waals surface area contributed by atoms with E-state index in [1.165, 1.54) is 0 Å². The molecular weight excluding hydrogens is 272 g/mol. The minimum atomic E-state index is -0.580. The Hall–Kier alpha value is -1.30. The molecule has 2 fully saturated rings. The van der Waals surface area contributed by atoms with Crippen LogP contribution in [0.25, 0.3) is 0 Å². The van der Waals surface area contributed by atoms with E-state index in [2.05, 4.69) is 5.32 Å². The van der Waals surface area contributed by atoms with E-state index in [0.29, 0.717) is 6.42 Å². The van der Waals surface area contributed by atoms with Crippen molar-refractivity contribution >= 4 is 12.0 Å². The van der Waals surface area contributed by atoms with Gasteiger partial charge in [0.05, 0.1) is 12.6 Å². The third-order valence-corrected chi connectivity index (χ3v) is 4.10. The first-order valence-electron chi connectivity index (χ1n) is 7.74. The van der Waals surface area contributed by atoms with E-state index in [9.17, 15) is 14.7 Å². The Balaban J connectivity index is 1.99. The second kappa shape index (κ2) is 6.22. The number of amides is 2. The van der Waals surface area contributed by atoms with Crippen molar-refractivity contribution in [2.75, 3.05) is 6.61 Å². The maximum atomic E-state index is 12.6. The quantitative estimate of drug-likeness (QED) is 0.808. The molecule has 2 amide bonds. The fourth-order valence-corrected chi connectivity index (χ4v) is 3.23. The molecule has 2 aliphatic rings. The Morgan fingerprint density at radius 3 is 2.67 bits per heavy atom. The van der Waals surface area contributed by atoms with Crippen molar-refractivity contribution in [1.29, 1.82) is 0 Å². The molecular formula is C15H26N2O4. The van der Waals surface area contributed by atoms with Crippen LogP contribution >= 0.6 is 0 Å². The number of nitrogens with one attached hydrogen (secondary N) is 1. The molecule has 2 rings (SSSR count). The van der Waals surface area contributed by atoms with Gasteiger partial charge in [0, 0.05) is 6.04 Å². The molecule has 0 radical (unpaired) electrons. The number of aliphatic hydroxyl groups is 1. The number of hydrogen-bond acceptors (Lipinski definition) is 4. The summed E-state index contributed by atoms with van der Waals surface area (Å²) in [5.74, 6) is -0.0872. The molecule has 0 aliphatic carbocycles. The van der Waals surface area contributed by atoms with Crippen LogP contribution in [0.15, 0.2) is 0 Å². The second-order valence-corrected chi connectivity index (χ2v) is 6.94. The average molecular weight is 298 g/mol. The van der Waals surface area contributed by atoms with Gasteiger partial charge >= 0.3 is 6.09 Å². The van der Waals surface area contributed by atoms with Gasteiger partial charge < -0.3 is 20.1 Å². The van der Waals surface area contributed by atoms with Gasteiger partial charge in [-0.1, -0.05) is 0 Å². The zero-order valence-corrected chi connectivity index (χ0v) is 13.1. The maximum absolute atomic E-state index is 12.6. The first-order valence-corrected chi connectivity index (χ1v) is 7.74. The molecule has 0 bridgehead atoms. The molecule has 21 heavy (non-hydrogen) atoms. The van der Waals surface area contributed by atoms with Crippen LogP contribution in [-0.2, 0) is 9.53 Å². The highest BCUT2D eigenvalue weighted by molar-refractivity contribution is 5.87. The van der Waals surface area contributed by atoms with Gasteiger partial charge in [-0.3, -0.25) is 4.79 Å².